The summed E-state index contributed by atoms with van der Waals surface area (Å²) in [5.41, 5.74) is 0.162. The summed E-state index contributed by atoms with van der Waals surface area (Å²) in [7, 11) is 3.31. The molecule has 0 aliphatic heterocycles. The third-order valence-corrected chi connectivity index (χ3v) is 4.26. The molecule has 0 radical (unpaired) electrons. The number of carbonyl (C=O) groups excluding carboxylic acids is 1. The van der Waals surface area contributed by atoms with Crippen LogP contribution >= 0.6 is 0 Å². The Balaban J connectivity index is 1.94. The van der Waals surface area contributed by atoms with E-state index < -0.39 is 11.4 Å². The number of nitrogens with zero attached hydrogens (tertiary/aromatic N) is 1. The summed E-state index contributed by atoms with van der Waals surface area (Å²) in [6, 6.07) is 7.49. The third-order valence-electron chi connectivity index (χ3n) is 4.26. The number of carboxylic acids is 1. The predicted molar refractivity (Wildman–Crippen MR) is 78.0 cm³/mol. The molecule has 1 aromatic carbocycles. The molecule has 1 amide bonds. The van der Waals surface area contributed by atoms with Gasteiger partial charge in [0.2, 0.25) is 5.91 Å². The molecule has 1 N–H and O–H groups in total. The summed E-state index contributed by atoms with van der Waals surface area (Å²) in [4.78, 5) is 25.1. The Kier molecular flexibility index (Phi) is 4.50. The maximum absolute atomic E-state index is 12.2. The zero-order chi connectivity index (χ0) is 15.5. The van der Waals surface area contributed by atoms with Crippen molar-refractivity contribution in [2.75, 3.05) is 14.2 Å². The molecule has 114 valence electrons. The van der Waals surface area contributed by atoms with Crippen LogP contribution in [-0.2, 0) is 16.1 Å². The zero-order valence-electron chi connectivity index (χ0n) is 12.5. The van der Waals surface area contributed by atoms with Crippen LogP contribution in [0.15, 0.2) is 24.3 Å². The molecule has 1 aliphatic rings. The Morgan fingerprint density at radius 3 is 2.33 bits per heavy atom. The van der Waals surface area contributed by atoms with E-state index in [0.29, 0.717) is 19.4 Å². The van der Waals surface area contributed by atoms with E-state index in [2.05, 4.69) is 0 Å². The summed E-state index contributed by atoms with van der Waals surface area (Å²) in [6.45, 7) is 0.471. The van der Waals surface area contributed by atoms with Crippen LogP contribution in [0.5, 0.6) is 5.75 Å². The first-order chi connectivity index (χ1) is 9.97. The maximum atomic E-state index is 12.2. The van der Waals surface area contributed by atoms with Gasteiger partial charge in [-0.25, -0.2) is 0 Å². The lowest BCUT2D eigenvalue weighted by atomic mass is 9.66. The molecular formula is C16H21NO4. The summed E-state index contributed by atoms with van der Waals surface area (Å²) in [5.74, 6) is -0.195. The lowest BCUT2D eigenvalue weighted by Crippen LogP contribution is -2.42. The van der Waals surface area contributed by atoms with Gasteiger partial charge < -0.3 is 14.7 Å². The Morgan fingerprint density at radius 1 is 1.29 bits per heavy atom. The van der Waals surface area contributed by atoms with E-state index in [9.17, 15) is 14.7 Å². The minimum absolute atomic E-state index is 0.0923. The number of benzene rings is 1. The smallest absolute Gasteiger partial charge is 0.310 e. The Morgan fingerprint density at radius 2 is 1.90 bits per heavy atom. The number of methoxy groups -OCH3 is 1. The third kappa shape index (κ3) is 3.35. The minimum atomic E-state index is -0.847. The van der Waals surface area contributed by atoms with Gasteiger partial charge in [-0.3, -0.25) is 9.59 Å². The van der Waals surface area contributed by atoms with Crippen LogP contribution in [0, 0.1) is 5.41 Å². The standard InChI is InChI=1S/C16H21NO4/c1-17(11-12-4-6-13(21-2)7-5-12)14(18)10-16(15(19)20)8-3-9-16/h4-7H,3,8-11H2,1-2H3,(H,19,20). The summed E-state index contributed by atoms with van der Waals surface area (Å²) < 4.78 is 5.09. The first kappa shape index (κ1) is 15.4. The second-order valence-electron chi connectivity index (χ2n) is 5.71. The van der Waals surface area contributed by atoms with E-state index in [-0.39, 0.29) is 12.3 Å². The lowest BCUT2D eigenvalue weighted by molar-refractivity contribution is -0.159. The summed E-state index contributed by atoms with van der Waals surface area (Å²) in [6.07, 6.45) is 2.19. The monoisotopic (exact) mass is 291 g/mol. The molecule has 0 atom stereocenters. The molecular weight excluding hydrogens is 270 g/mol. The molecule has 21 heavy (non-hydrogen) atoms. The van der Waals surface area contributed by atoms with Crippen molar-refractivity contribution in [2.45, 2.75) is 32.2 Å². The average Bonchev–Trinajstić information content (AvgIpc) is 2.42. The van der Waals surface area contributed by atoms with Crippen molar-refractivity contribution >= 4 is 11.9 Å². The average molecular weight is 291 g/mol. The van der Waals surface area contributed by atoms with E-state index in [0.717, 1.165) is 17.7 Å². The van der Waals surface area contributed by atoms with Crippen molar-refractivity contribution in [3.8, 4) is 5.75 Å². The van der Waals surface area contributed by atoms with E-state index in [4.69, 9.17) is 4.74 Å². The lowest BCUT2D eigenvalue weighted by Gasteiger charge is -2.38. The maximum Gasteiger partial charge on any atom is 0.310 e. The van der Waals surface area contributed by atoms with Gasteiger partial charge in [0.25, 0.3) is 0 Å². The number of hydrogen-bond donors (Lipinski definition) is 1. The summed E-state index contributed by atoms with van der Waals surface area (Å²) >= 11 is 0. The number of carboxylic acid groups (broad SMARTS) is 1. The molecule has 0 unspecified atom stereocenters. The topological polar surface area (TPSA) is 66.8 Å². The second kappa shape index (κ2) is 6.16. The fourth-order valence-corrected chi connectivity index (χ4v) is 2.59. The number of rotatable bonds is 6. The molecule has 2 rings (SSSR count). The SMILES string of the molecule is COc1ccc(CN(C)C(=O)CC2(C(=O)O)CCC2)cc1. The molecule has 0 bridgehead atoms. The molecule has 1 aliphatic carbocycles. The van der Waals surface area contributed by atoms with Gasteiger partial charge in [0.1, 0.15) is 5.75 Å². The second-order valence-corrected chi connectivity index (χ2v) is 5.71. The fourth-order valence-electron chi connectivity index (χ4n) is 2.59. The van der Waals surface area contributed by atoms with Crippen molar-refractivity contribution in [1.82, 2.24) is 4.90 Å². The summed E-state index contributed by atoms with van der Waals surface area (Å²) in [5, 5.41) is 9.28. The number of carbonyl (C=O) groups is 2. The van der Waals surface area contributed by atoms with E-state index >= 15 is 0 Å². The van der Waals surface area contributed by atoms with Crippen molar-refractivity contribution < 1.29 is 19.4 Å². The van der Waals surface area contributed by atoms with Gasteiger partial charge in [-0.1, -0.05) is 18.6 Å². The predicted octanol–water partition coefficient (Wildman–Crippen LogP) is 2.30. The highest BCUT2D eigenvalue weighted by Gasteiger charge is 2.46. The molecule has 5 nitrogen and oxygen atoms in total. The van der Waals surface area contributed by atoms with Crippen molar-refractivity contribution in [3.63, 3.8) is 0 Å². The molecule has 1 fully saturated rings. The first-order valence-corrected chi connectivity index (χ1v) is 7.07. The van der Waals surface area contributed by atoms with Crippen LogP contribution in [0.3, 0.4) is 0 Å². The Hall–Kier alpha value is -2.04. The highest BCUT2D eigenvalue weighted by molar-refractivity contribution is 5.85. The normalized spacial score (nSPS) is 15.9. The van der Waals surface area contributed by atoms with Crippen LogP contribution < -0.4 is 4.74 Å². The van der Waals surface area contributed by atoms with Crippen LogP contribution in [0.1, 0.15) is 31.2 Å². The van der Waals surface area contributed by atoms with Gasteiger partial charge in [-0.15, -0.1) is 0 Å². The number of amides is 1. The molecule has 0 spiro atoms. The van der Waals surface area contributed by atoms with Gasteiger partial charge in [0, 0.05) is 20.0 Å². The Labute approximate surface area is 124 Å². The van der Waals surface area contributed by atoms with Crippen LogP contribution in [0.2, 0.25) is 0 Å². The molecule has 0 aromatic heterocycles. The minimum Gasteiger partial charge on any atom is -0.497 e. The van der Waals surface area contributed by atoms with Crippen LogP contribution in [0.4, 0.5) is 0 Å². The van der Waals surface area contributed by atoms with Gasteiger partial charge in [-0.2, -0.15) is 0 Å². The van der Waals surface area contributed by atoms with Crippen molar-refractivity contribution in [3.05, 3.63) is 29.8 Å². The first-order valence-electron chi connectivity index (χ1n) is 7.07. The molecule has 1 saturated carbocycles. The molecule has 0 saturated heterocycles. The van der Waals surface area contributed by atoms with E-state index in [1.165, 1.54) is 0 Å². The van der Waals surface area contributed by atoms with Crippen molar-refractivity contribution in [1.29, 1.82) is 0 Å². The molecule has 0 heterocycles. The van der Waals surface area contributed by atoms with Gasteiger partial charge in [0.05, 0.1) is 12.5 Å². The highest BCUT2D eigenvalue weighted by Crippen LogP contribution is 2.44. The largest absolute Gasteiger partial charge is 0.497 e. The van der Waals surface area contributed by atoms with Crippen LogP contribution in [-0.4, -0.2) is 36.0 Å². The molecule has 5 heteroatoms. The van der Waals surface area contributed by atoms with Crippen LogP contribution in [0.25, 0.3) is 0 Å². The number of ether oxygens (including phenoxy) is 1. The van der Waals surface area contributed by atoms with Gasteiger partial charge >= 0.3 is 5.97 Å². The zero-order valence-corrected chi connectivity index (χ0v) is 12.5. The van der Waals surface area contributed by atoms with Gasteiger partial charge in [-0.05, 0) is 30.5 Å². The number of hydrogen-bond acceptors (Lipinski definition) is 3. The fraction of sp³-hybridized carbons (Fsp3) is 0.500. The van der Waals surface area contributed by atoms with E-state index in [1.807, 2.05) is 24.3 Å². The highest BCUT2D eigenvalue weighted by atomic mass is 16.5. The molecule has 1 aromatic rings. The van der Waals surface area contributed by atoms with Crippen molar-refractivity contribution in [2.24, 2.45) is 5.41 Å². The Bertz CT molecular complexity index is 520. The quantitative estimate of drug-likeness (QED) is 0.873. The van der Waals surface area contributed by atoms with Gasteiger partial charge in [0.15, 0.2) is 0 Å². The van der Waals surface area contributed by atoms with E-state index in [1.54, 1.807) is 19.1 Å². The number of aliphatic carboxylic acids is 1.